The fourth-order valence-electron chi connectivity index (χ4n) is 5.18. The van der Waals surface area contributed by atoms with E-state index in [9.17, 15) is 29.1 Å². The van der Waals surface area contributed by atoms with Crippen LogP contribution in [0, 0.1) is 5.82 Å². The number of carbonyl (C=O) groups is 3. The number of fused-ring (bicyclic) bond motifs is 1. The van der Waals surface area contributed by atoms with Crippen molar-refractivity contribution >= 4 is 63.6 Å². The molecule has 4 aromatic rings. The number of amides is 2. The average molecular weight is 653 g/mol. The highest BCUT2D eigenvalue weighted by Crippen LogP contribution is 2.38. The number of carbonyl (C=O) groups excluding carboxylic acids is 2. The summed E-state index contributed by atoms with van der Waals surface area (Å²) in [4.78, 5) is 72.3. The van der Waals surface area contributed by atoms with Crippen LogP contribution in [0.1, 0.15) is 39.6 Å². The third-order valence-corrected chi connectivity index (χ3v) is 8.75. The first kappa shape index (κ1) is 30.3. The van der Waals surface area contributed by atoms with E-state index in [1.807, 2.05) is 0 Å². The minimum absolute atomic E-state index is 0.0224. The molecule has 0 spiro atoms. The standard InChI is InChI=1S/C30H26ClFN6O6S/c31-17-3-1-16(2-4-17)28(42)33-24-13-25(39)35-30(34-24)45-15-26(40)37-9-7-36(8-10-37)23-12-22-19(11-21(23)32)27(41)20(29(43)44)14-38(22)18-5-6-18/h1-4,11-14,18H,5-10,15H2,(H,43,44)(H2,33,34,35,39,42). The topological polar surface area (TPSA) is 158 Å². The van der Waals surface area contributed by atoms with Crippen molar-refractivity contribution < 1.29 is 23.9 Å². The van der Waals surface area contributed by atoms with E-state index in [1.54, 1.807) is 32.6 Å². The lowest BCUT2D eigenvalue weighted by Crippen LogP contribution is -2.49. The number of carboxylic acid groups (broad SMARTS) is 1. The predicted molar refractivity (Wildman–Crippen MR) is 167 cm³/mol. The molecular weight excluding hydrogens is 627 g/mol. The number of piperazine rings is 1. The van der Waals surface area contributed by atoms with Crippen molar-refractivity contribution in [2.24, 2.45) is 0 Å². The Hall–Kier alpha value is -4.69. The van der Waals surface area contributed by atoms with Crippen LogP contribution in [0.25, 0.3) is 10.9 Å². The summed E-state index contributed by atoms with van der Waals surface area (Å²) in [6.07, 6.45) is 3.02. The van der Waals surface area contributed by atoms with Gasteiger partial charge in [0.05, 0.1) is 17.0 Å². The Morgan fingerprint density at radius 2 is 1.78 bits per heavy atom. The number of aromatic carboxylic acids is 1. The van der Waals surface area contributed by atoms with Crippen molar-refractivity contribution in [1.29, 1.82) is 0 Å². The lowest BCUT2D eigenvalue weighted by Gasteiger charge is -2.36. The molecule has 0 unspecified atom stereocenters. The molecular formula is C30H26ClFN6O6S. The largest absolute Gasteiger partial charge is 0.477 e. The van der Waals surface area contributed by atoms with Crippen LogP contribution in [0.5, 0.6) is 0 Å². The molecule has 232 valence electrons. The first-order valence-electron chi connectivity index (χ1n) is 14.0. The molecule has 15 heteroatoms. The van der Waals surface area contributed by atoms with Gasteiger partial charge in [0.15, 0.2) is 5.16 Å². The molecule has 2 aliphatic rings. The van der Waals surface area contributed by atoms with Gasteiger partial charge in [0, 0.05) is 60.5 Å². The maximum absolute atomic E-state index is 15.3. The number of benzene rings is 2. The highest BCUT2D eigenvalue weighted by atomic mass is 35.5. The summed E-state index contributed by atoms with van der Waals surface area (Å²) < 4.78 is 17.0. The molecule has 12 nitrogen and oxygen atoms in total. The van der Waals surface area contributed by atoms with E-state index in [2.05, 4.69) is 15.3 Å². The second kappa shape index (κ2) is 12.4. The van der Waals surface area contributed by atoms with E-state index < -0.39 is 28.7 Å². The van der Waals surface area contributed by atoms with Gasteiger partial charge in [0.1, 0.15) is 17.2 Å². The van der Waals surface area contributed by atoms with Gasteiger partial charge in [-0.1, -0.05) is 23.4 Å². The number of halogens is 2. The number of rotatable bonds is 8. The van der Waals surface area contributed by atoms with Crippen LogP contribution in [-0.4, -0.2) is 74.3 Å². The van der Waals surface area contributed by atoms with Gasteiger partial charge in [-0.25, -0.2) is 14.2 Å². The van der Waals surface area contributed by atoms with Gasteiger partial charge in [0.25, 0.3) is 11.5 Å². The molecule has 2 aromatic carbocycles. The van der Waals surface area contributed by atoms with Crippen molar-refractivity contribution in [3.63, 3.8) is 0 Å². The predicted octanol–water partition coefficient (Wildman–Crippen LogP) is 3.60. The molecule has 0 bridgehead atoms. The monoisotopic (exact) mass is 652 g/mol. The molecule has 1 aliphatic heterocycles. The zero-order chi connectivity index (χ0) is 31.8. The molecule has 1 aliphatic carbocycles. The van der Waals surface area contributed by atoms with Crippen LogP contribution < -0.4 is 21.2 Å². The van der Waals surface area contributed by atoms with Crippen molar-refractivity contribution in [1.82, 2.24) is 19.4 Å². The Morgan fingerprint density at radius 1 is 1.07 bits per heavy atom. The maximum atomic E-state index is 15.3. The summed E-state index contributed by atoms with van der Waals surface area (Å²) >= 11 is 6.88. The fraction of sp³-hybridized carbons (Fsp3) is 0.267. The maximum Gasteiger partial charge on any atom is 0.341 e. The van der Waals surface area contributed by atoms with E-state index in [0.717, 1.165) is 36.7 Å². The highest BCUT2D eigenvalue weighted by molar-refractivity contribution is 7.99. The Labute approximate surface area is 263 Å². The van der Waals surface area contributed by atoms with Crippen molar-refractivity contribution in [2.45, 2.75) is 24.0 Å². The van der Waals surface area contributed by atoms with Crippen LogP contribution in [-0.2, 0) is 4.79 Å². The number of carboxylic acids is 1. The molecule has 3 heterocycles. The molecule has 0 atom stereocenters. The molecule has 0 radical (unpaired) electrons. The SMILES string of the molecule is O=C(Nc1cc(=O)[nH]c(SCC(=O)N2CCN(c3cc4c(cc3F)c(=O)c(C(=O)O)cn4C3CC3)CC2)n1)c1ccc(Cl)cc1. The van der Waals surface area contributed by atoms with E-state index >= 15 is 4.39 Å². The summed E-state index contributed by atoms with van der Waals surface area (Å²) in [5, 5.41) is 12.7. The summed E-state index contributed by atoms with van der Waals surface area (Å²) in [5.41, 5.74) is -0.521. The van der Waals surface area contributed by atoms with Crippen molar-refractivity contribution in [3.05, 3.63) is 91.2 Å². The van der Waals surface area contributed by atoms with E-state index in [1.165, 1.54) is 18.3 Å². The number of hydrogen-bond donors (Lipinski definition) is 3. The quantitative estimate of drug-likeness (QED) is 0.191. The van der Waals surface area contributed by atoms with Crippen LogP contribution in [0.4, 0.5) is 15.9 Å². The Kier molecular flexibility index (Phi) is 8.34. The third-order valence-electron chi connectivity index (χ3n) is 7.64. The van der Waals surface area contributed by atoms with Gasteiger partial charge < -0.3 is 29.8 Å². The summed E-state index contributed by atoms with van der Waals surface area (Å²) in [6, 6.07) is 10.1. The number of aromatic nitrogens is 3. The van der Waals surface area contributed by atoms with Gasteiger partial charge >= 0.3 is 5.97 Å². The number of pyridine rings is 1. The van der Waals surface area contributed by atoms with E-state index in [0.29, 0.717) is 42.3 Å². The number of thioether (sulfide) groups is 1. The zero-order valence-electron chi connectivity index (χ0n) is 23.6. The average Bonchev–Trinajstić information content (AvgIpc) is 3.86. The second-order valence-corrected chi connectivity index (χ2v) is 12.1. The summed E-state index contributed by atoms with van der Waals surface area (Å²) in [6.45, 7) is 1.29. The molecule has 2 fully saturated rings. The third kappa shape index (κ3) is 6.56. The van der Waals surface area contributed by atoms with Gasteiger partial charge in [-0.05, 0) is 49.2 Å². The molecule has 2 aromatic heterocycles. The molecule has 45 heavy (non-hydrogen) atoms. The lowest BCUT2D eigenvalue weighted by atomic mass is 10.1. The van der Waals surface area contributed by atoms with Crippen LogP contribution in [0.2, 0.25) is 5.02 Å². The Bertz CT molecular complexity index is 1950. The Morgan fingerprint density at radius 3 is 2.44 bits per heavy atom. The number of hydrogen-bond acceptors (Lipinski definition) is 8. The smallest absolute Gasteiger partial charge is 0.341 e. The minimum Gasteiger partial charge on any atom is -0.477 e. The van der Waals surface area contributed by atoms with Gasteiger partial charge in [-0.15, -0.1) is 0 Å². The zero-order valence-corrected chi connectivity index (χ0v) is 25.2. The van der Waals surface area contributed by atoms with E-state index in [4.69, 9.17) is 11.6 Å². The van der Waals surface area contributed by atoms with Gasteiger partial charge in [-0.3, -0.25) is 19.2 Å². The highest BCUT2D eigenvalue weighted by Gasteiger charge is 2.29. The van der Waals surface area contributed by atoms with Crippen LogP contribution >= 0.6 is 23.4 Å². The molecule has 3 N–H and O–H groups in total. The number of aromatic amines is 1. The first-order valence-corrected chi connectivity index (χ1v) is 15.4. The summed E-state index contributed by atoms with van der Waals surface area (Å²) in [7, 11) is 0. The molecule has 1 saturated heterocycles. The van der Waals surface area contributed by atoms with Crippen LogP contribution in [0.15, 0.2) is 63.4 Å². The Balaban J connectivity index is 1.10. The second-order valence-electron chi connectivity index (χ2n) is 10.7. The van der Waals surface area contributed by atoms with Crippen molar-refractivity contribution in [2.75, 3.05) is 42.1 Å². The summed E-state index contributed by atoms with van der Waals surface area (Å²) in [5.74, 6) is -2.67. The molecule has 1 saturated carbocycles. The van der Waals surface area contributed by atoms with E-state index in [-0.39, 0.29) is 45.3 Å². The minimum atomic E-state index is -1.35. The van der Waals surface area contributed by atoms with Crippen molar-refractivity contribution in [3.8, 4) is 0 Å². The number of nitrogens with one attached hydrogen (secondary N) is 2. The number of H-pyrrole nitrogens is 1. The number of anilines is 2. The first-order chi connectivity index (χ1) is 21.6. The normalized spacial score (nSPS) is 14.9. The lowest BCUT2D eigenvalue weighted by molar-refractivity contribution is -0.128. The van der Waals surface area contributed by atoms with Gasteiger partial charge in [0.2, 0.25) is 11.3 Å². The van der Waals surface area contributed by atoms with Gasteiger partial charge in [-0.2, -0.15) is 0 Å². The van der Waals surface area contributed by atoms with Crippen LogP contribution in [0.3, 0.4) is 0 Å². The fourth-order valence-corrected chi connectivity index (χ4v) is 6.09. The molecule has 6 rings (SSSR count). The number of nitrogens with zero attached hydrogens (tertiary/aromatic N) is 4. The molecule has 2 amide bonds.